The predicted molar refractivity (Wildman–Crippen MR) is 60.4 cm³/mol. The molecule has 1 aromatic heterocycles. The van der Waals surface area contributed by atoms with Crippen molar-refractivity contribution in [1.82, 2.24) is 4.98 Å². The quantitative estimate of drug-likeness (QED) is 0.774. The molecule has 0 aliphatic rings. The van der Waals surface area contributed by atoms with Gasteiger partial charge in [-0.2, -0.15) is 5.26 Å². The molecule has 0 aliphatic carbocycles. The minimum Gasteiger partial charge on any atom is -0.359 e. The van der Waals surface area contributed by atoms with Crippen LogP contribution in [0.25, 0.3) is 0 Å². The Morgan fingerprint density at radius 3 is 2.86 bits per heavy atom. The molecule has 1 heterocycles. The summed E-state index contributed by atoms with van der Waals surface area (Å²) in [6, 6.07) is 6.11. The maximum Gasteiger partial charge on any atom is 0.128 e. The zero-order valence-electron chi connectivity index (χ0n) is 8.07. The van der Waals surface area contributed by atoms with Gasteiger partial charge < -0.3 is 4.90 Å². The van der Waals surface area contributed by atoms with E-state index in [9.17, 15) is 0 Å². The van der Waals surface area contributed by atoms with Crippen molar-refractivity contribution in [3.63, 3.8) is 0 Å². The molecule has 0 fully saturated rings. The molecule has 74 valence electrons. The van der Waals surface area contributed by atoms with E-state index in [0.29, 0.717) is 6.42 Å². The Morgan fingerprint density at radius 1 is 1.57 bits per heavy atom. The molecule has 4 heteroatoms. The van der Waals surface area contributed by atoms with E-state index in [1.807, 2.05) is 30.3 Å². The lowest BCUT2D eigenvalue weighted by atomic mass is 10.3. The minimum absolute atomic E-state index is 0.526. The third-order valence-electron chi connectivity index (χ3n) is 1.91. The van der Waals surface area contributed by atoms with Crippen molar-refractivity contribution < 1.29 is 0 Å². The molecule has 0 unspecified atom stereocenters. The van der Waals surface area contributed by atoms with Crippen molar-refractivity contribution in [2.45, 2.75) is 11.8 Å². The molecule has 0 aliphatic heterocycles. The van der Waals surface area contributed by atoms with Gasteiger partial charge in [-0.05, 0) is 11.6 Å². The minimum atomic E-state index is 0.526. The smallest absolute Gasteiger partial charge is 0.128 e. The zero-order chi connectivity index (χ0) is 10.4. The van der Waals surface area contributed by atoms with Crippen LogP contribution in [0.4, 0.5) is 5.82 Å². The predicted octanol–water partition coefficient (Wildman–Crippen LogP) is 2.33. The summed E-state index contributed by atoms with van der Waals surface area (Å²) in [5, 5.41) is 9.26. The van der Waals surface area contributed by atoms with Crippen molar-refractivity contribution in [3.8, 4) is 6.07 Å². The first-order valence-corrected chi connectivity index (χ1v) is 5.49. The lowest BCUT2D eigenvalue weighted by Gasteiger charge is -2.16. The molecule has 1 aromatic rings. The maximum absolute atomic E-state index is 8.44. The van der Waals surface area contributed by atoms with Gasteiger partial charge in [-0.15, -0.1) is 0 Å². The van der Waals surface area contributed by atoms with Gasteiger partial charge in [0.25, 0.3) is 0 Å². The summed E-state index contributed by atoms with van der Waals surface area (Å²) in [4.78, 5) is 6.26. The zero-order valence-corrected chi connectivity index (χ0v) is 9.66. The van der Waals surface area contributed by atoms with Crippen LogP contribution in [0, 0.1) is 11.3 Å². The number of nitrogens with zero attached hydrogens (tertiary/aromatic N) is 3. The number of hydrogen-bond donors (Lipinski definition) is 0. The van der Waals surface area contributed by atoms with Gasteiger partial charge in [0.15, 0.2) is 0 Å². The average Bonchev–Trinajstić information content (AvgIpc) is 2.26. The van der Waals surface area contributed by atoms with E-state index in [4.69, 9.17) is 5.26 Å². The van der Waals surface area contributed by atoms with Gasteiger partial charge in [0, 0.05) is 25.1 Å². The summed E-state index contributed by atoms with van der Waals surface area (Å²) in [5.74, 6) is 0.907. The third-order valence-corrected chi connectivity index (χ3v) is 2.56. The summed E-state index contributed by atoms with van der Waals surface area (Å²) >= 11 is 3.36. The molecule has 0 amide bonds. The Bertz CT molecular complexity index is 315. The molecule has 0 saturated carbocycles. The molecule has 0 saturated heterocycles. The van der Waals surface area contributed by atoms with Gasteiger partial charge in [0.05, 0.1) is 12.5 Å². The highest BCUT2D eigenvalue weighted by Crippen LogP contribution is 2.11. The number of anilines is 1. The van der Waals surface area contributed by atoms with Crippen molar-refractivity contribution >= 4 is 21.7 Å². The van der Waals surface area contributed by atoms with Gasteiger partial charge in [-0.3, -0.25) is 0 Å². The third kappa shape index (κ3) is 3.00. The van der Waals surface area contributed by atoms with Crippen LogP contribution in [0.3, 0.4) is 0 Å². The summed E-state index contributed by atoms with van der Waals surface area (Å²) in [7, 11) is 1.94. The van der Waals surface area contributed by atoms with Crippen LogP contribution in [0.5, 0.6) is 0 Å². The topological polar surface area (TPSA) is 39.9 Å². The molecule has 3 nitrogen and oxygen atoms in total. The highest BCUT2D eigenvalue weighted by molar-refractivity contribution is 9.08. The molecular weight excluding hydrogens is 242 g/mol. The Morgan fingerprint density at radius 2 is 2.36 bits per heavy atom. The van der Waals surface area contributed by atoms with Gasteiger partial charge >= 0.3 is 0 Å². The van der Waals surface area contributed by atoms with E-state index in [1.54, 1.807) is 0 Å². The summed E-state index contributed by atoms with van der Waals surface area (Å²) < 4.78 is 0. The van der Waals surface area contributed by atoms with Crippen molar-refractivity contribution in [1.29, 1.82) is 5.26 Å². The first-order chi connectivity index (χ1) is 6.77. The van der Waals surface area contributed by atoms with Crippen molar-refractivity contribution in [2.75, 3.05) is 18.5 Å². The molecule has 0 N–H and O–H groups in total. The second-order valence-corrected chi connectivity index (χ2v) is 3.55. The van der Waals surface area contributed by atoms with Crippen LogP contribution in [0.15, 0.2) is 18.3 Å². The molecule has 0 atom stereocenters. The van der Waals surface area contributed by atoms with E-state index in [1.165, 1.54) is 0 Å². The number of halogens is 1. The molecule has 1 rings (SSSR count). The molecule has 14 heavy (non-hydrogen) atoms. The lowest BCUT2D eigenvalue weighted by Crippen LogP contribution is -2.19. The molecule has 0 spiro atoms. The Hall–Kier alpha value is -1.08. The van der Waals surface area contributed by atoms with Crippen LogP contribution in [0.1, 0.15) is 12.0 Å². The van der Waals surface area contributed by atoms with Gasteiger partial charge in [-0.25, -0.2) is 4.98 Å². The fraction of sp³-hybridized carbons (Fsp3) is 0.400. The summed E-state index contributed by atoms with van der Waals surface area (Å²) in [6.07, 6.45) is 2.37. The van der Waals surface area contributed by atoms with Crippen LogP contribution in [0.2, 0.25) is 0 Å². The molecule has 0 radical (unpaired) electrons. The maximum atomic E-state index is 8.44. The highest BCUT2D eigenvalue weighted by atomic mass is 79.9. The Kier molecular flexibility index (Phi) is 4.41. The second-order valence-electron chi connectivity index (χ2n) is 2.99. The van der Waals surface area contributed by atoms with Crippen LogP contribution in [-0.4, -0.2) is 18.6 Å². The fourth-order valence-corrected chi connectivity index (χ4v) is 1.39. The average molecular weight is 254 g/mol. The Balaban J connectivity index is 2.62. The van der Waals surface area contributed by atoms with E-state index < -0.39 is 0 Å². The monoisotopic (exact) mass is 253 g/mol. The SMILES string of the molecule is CN(CCC#N)c1ccc(CBr)cn1. The number of alkyl halides is 1. The first-order valence-electron chi connectivity index (χ1n) is 4.37. The number of aromatic nitrogens is 1. The van der Waals surface area contributed by atoms with Crippen LogP contribution < -0.4 is 4.90 Å². The van der Waals surface area contributed by atoms with Crippen LogP contribution >= 0.6 is 15.9 Å². The van der Waals surface area contributed by atoms with E-state index in [2.05, 4.69) is 27.0 Å². The number of nitriles is 1. The van der Waals surface area contributed by atoms with Gasteiger partial charge in [0.2, 0.25) is 0 Å². The second kappa shape index (κ2) is 5.61. The fourth-order valence-electron chi connectivity index (χ4n) is 1.05. The summed E-state index contributed by atoms with van der Waals surface area (Å²) in [5.41, 5.74) is 1.16. The van der Waals surface area contributed by atoms with Gasteiger partial charge in [0.1, 0.15) is 5.82 Å². The lowest BCUT2D eigenvalue weighted by molar-refractivity contribution is 0.884. The number of pyridine rings is 1. The number of rotatable bonds is 4. The normalized spacial score (nSPS) is 9.50. The van der Waals surface area contributed by atoms with E-state index in [0.717, 1.165) is 23.3 Å². The van der Waals surface area contributed by atoms with Crippen LogP contribution in [-0.2, 0) is 5.33 Å². The highest BCUT2D eigenvalue weighted by Gasteiger charge is 2.00. The van der Waals surface area contributed by atoms with Gasteiger partial charge in [-0.1, -0.05) is 22.0 Å². The Labute approximate surface area is 92.5 Å². The molecule has 0 aromatic carbocycles. The van der Waals surface area contributed by atoms with Crippen molar-refractivity contribution in [3.05, 3.63) is 23.9 Å². The van der Waals surface area contributed by atoms with E-state index in [-0.39, 0.29) is 0 Å². The van der Waals surface area contributed by atoms with E-state index >= 15 is 0 Å². The first kappa shape index (κ1) is 11.0. The summed E-state index contributed by atoms with van der Waals surface area (Å²) in [6.45, 7) is 0.719. The number of hydrogen-bond acceptors (Lipinski definition) is 3. The molecule has 0 bridgehead atoms. The molecular formula is C10H12BrN3. The standard InChI is InChI=1S/C10H12BrN3/c1-14(6-2-5-12)10-4-3-9(7-11)8-13-10/h3-4,8H,2,6-7H2,1H3. The van der Waals surface area contributed by atoms with Crippen molar-refractivity contribution in [2.24, 2.45) is 0 Å². The largest absolute Gasteiger partial charge is 0.359 e.